The number of methoxy groups -OCH3 is 2. The lowest BCUT2D eigenvalue weighted by molar-refractivity contribution is 0.275. The molecule has 0 unspecified atom stereocenters. The monoisotopic (exact) mass is 348 g/mol. The average Bonchev–Trinajstić information content (AvgIpc) is 2.59. The molecule has 0 atom stereocenters. The van der Waals surface area contributed by atoms with Crippen LogP contribution in [0.5, 0.6) is 17.2 Å². The van der Waals surface area contributed by atoms with E-state index in [1.807, 2.05) is 31.2 Å². The Morgan fingerprint density at radius 1 is 1.12 bits per heavy atom. The van der Waals surface area contributed by atoms with Gasteiger partial charge in [0.2, 0.25) is 5.75 Å². The largest absolute Gasteiger partial charge is 0.493 e. The van der Waals surface area contributed by atoms with Gasteiger partial charge in [-0.05, 0) is 36.8 Å². The maximum absolute atomic E-state index is 5.94. The van der Waals surface area contributed by atoms with Gasteiger partial charge in [0.25, 0.3) is 0 Å². The molecule has 2 aromatic carbocycles. The van der Waals surface area contributed by atoms with E-state index in [4.69, 9.17) is 25.8 Å². The summed E-state index contributed by atoms with van der Waals surface area (Å²) in [7, 11) is 3.19. The van der Waals surface area contributed by atoms with E-state index in [0.29, 0.717) is 28.9 Å². The summed E-state index contributed by atoms with van der Waals surface area (Å²) in [6.07, 6.45) is 2.58. The summed E-state index contributed by atoms with van der Waals surface area (Å²) >= 11 is 5.94. The predicted octanol–water partition coefficient (Wildman–Crippen LogP) is 4.59. The lowest BCUT2D eigenvalue weighted by atomic mass is 10.2. The topological polar surface area (TPSA) is 52.1 Å². The zero-order chi connectivity index (χ0) is 17.4. The standard InChI is InChI=1S/C18H21ClN2O3/c1-4-8-24-18-16(22-2)9-13(10-17(18)23-3)12-20-21-15-7-5-6-14(19)11-15/h5-7,9-12,21H,4,8H2,1-3H3. The van der Waals surface area contributed by atoms with Crippen molar-refractivity contribution in [3.8, 4) is 17.2 Å². The van der Waals surface area contributed by atoms with Crippen LogP contribution in [0.3, 0.4) is 0 Å². The highest BCUT2D eigenvalue weighted by Gasteiger charge is 2.13. The van der Waals surface area contributed by atoms with Gasteiger partial charge in [0.1, 0.15) is 0 Å². The van der Waals surface area contributed by atoms with Gasteiger partial charge < -0.3 is 14.2 Å². The lowest BCUT2D eigenvalue weighted by Crippen LogP contribution is -2.01. The zero-order valence-corrected chi connectivity index (χ0v) is 14.8. The minimum absolute atomic E-state index is 0.594. The molecule has 2 aromatic rings. The van der Waals surface area contributed by atoms with Crippen LogP contribution in [0, 0.1) is 0 Å². The maximum atomic E-state index is 5.94. The number of nitrogens with zero attached hydrogens (tertiary/aromatic N) is 1. The van der Waals surface area contributed by atoms with Crippen LogP contribution < -0.4 is 19.6 Å². The predicted molar refractivity (Wildman–Crippen MR) is 98.0 cm³/mol. The summed E-state index contributed by atoms with van der Waals surface area (Å²) in [5, 5.41) is 4.86. The molecule has 128 valence electrons. The highest BCUT2D eigenvalue weighted by Crippen LogP contribution is 2.38. The van der Waals surface area contributed by atoms with Crippen LogP contribution in [0.4, 0.5) is 5.69 Å². The number of hydrazone groups is 1. The second-order valence-electron chi connectivity index (χ2n) is 4.98. The highest BCUT2D eigenvalue weighted by atomic mass is 35.5. The van der Waals surface area contributed by atoms with Gasteiger partial charge in [-0.15, -0.1) is 0 Å². The van der Waals surface area contributed by atoms with E-state index in [9.17, 15) is 0 Å². The average molecular weight is 349 g/mol. The van der Waals surface area contributed by atoms with Gasteiger partial charge in [-0.25, -0.2) is 0 Å². The summed E-state index contributed by atoms with van der Waals surface area (Å²) < 4.78 is 16.5. The van der Waals surface area contributed by atoms with Crippen molar-refractivity contribution in [3.63, 3.8) is 0 Å². The van der Waals surface area contributed by atoms with Crippen LogP contribution in [0.15, 0.2) is 41.5 Å². The third kappa shape index (κ3) is 4.80. The van der Waals surface area contributed by atoms with Gasteiger partial charge in [0.15, 0.2) is 11.5 Å². The molecule has 0 aliphatic rings. The molecular formula is C18H21ClN2O3. The fourth-order valence-electron chi connectivity index (χ4n) is 2.06. The number of anilines is 1. The lowest BCUT2D eigenvalue weighted by Gasteiger charge is -2.14. The van der Waals surface area contributed by atoms with Crippen molar-refractivity contribution in [2.75, 3.05) is 26.3 Å². The highest BCUT2D eigenvalue weighted by molar-refractivity contribution is 6.30. The van der Waals surface area contributed by atoms with E-state index < -0.39 is 0 Å². The van der Waals surface area contributed by atoms with Gasteiger partial charge in [0, 0.05) is 10.6 Å². The van der Waals surface area contributed by atoms with E-state index in [-0.39, 0.29) is 0 Å². The van der Waals surface area contributed by atoms with Gasteiger partial charge >= 0.3 is 0 Å². The summed E-state index contributed by atoms with van der Waals surface area (Å²) in [5.41, 5.74) is 4.56. The summed E-state index contributed by atoms with van der Waals surface area (Å²) in [6.45, 7) is 2.64. The van der Waals surface area contributed by atoms with Gasteiger partial charge in [-0.1, -0.05) is 24.6 Å². The minimum atomic E-state index is 0.594. The van der Waals surface area contributed by atoms with Gasteiger partial charge in [-0.3, -0.25) is 5.43 Å². The molecule has 0 aromatic heterocycles. The fraction of sp³-hybridized carbons (Fsp3) is 0.278. The third-order valence-electron chi connectivity index (χ3n) is 3.17. The molecule has 0 fully saturated rings. The Morgan fingerprint density at radius 2 is 1.83 bits per heavy atom. The molecule has 0 amide bonds. The molecule has 1 N–H and O–H groups in total. The molecule has 0 bridgehead atoms. The van der Waals surface area contributed by atoms with Crippen molar-refractivity contribution >= 4 is 23.5 Å². The quantitative estimate of drug-likeness (QED) is 0.560. The summed E-state index contributed by atoms with van der Waals surface area (Å²) in [4.78, 5) is 0. The molecule has 0 heterocycles. The number of ether oxygens (including phenoxy) is 3. The molecule has 0 saturated heterocycles. The summed E-state index contributed by atoms with van der Waals surface area (Å²) in [5.74, 6) is 1.81. The first-order chi connectivity index (χ1) is 11.7. The van der Waals surface area contributed by atoms with Crippen LogP contribution in [0.1, 0.15) is 18.9 Å². The Morgan fingerprint density at radius 3 is 2.42 bits per heavy atom. The molecule has 24 heavy (non-hydrogen) atoms. The Hall–Kier alpha value is -2.40. The minimum Gasteiger partial charge on any atom is -0.493 e. The van der Waals surface area contributed by atoms with E-state index in [1.54, 1.807) is 32.6 Å². The van der Waals surface area contributed by atoms with Crippen molar-refractivity contribution < 1.29 is 14.2 Å². The molecule has 0 aliphatic heterocycles. The zero-order valence-electron chi connectivity index (χ0n) is 14.0. The van der Waals surface area contributed by atoms with Crippen LogP contribution in [0.2, 0.25) is 5.02 Å². The smallest absolute Gasteiger partial charge is 0.203 e. The van der Waals surface area contributed by atoms with Gasteiger partial charge in [0.05, 0.1) is 32.7 Å². The third-order valence-corrected chi connectivity index (χ3v) is 3.40. The maximum Gasteiger partial charge on any atom is 0.203 e. The van der Waals surface area contributed by atoms with Crippen molar-refractivity contribution in [3.05, 3.63) is 47.0 Å². The fourth-order valence-corrected chi connectivity index (χ4v) is 2.25. The Balaban J connectivity index is 2.19. The Bertz CT molecular complexity index is 679. The number of benzene rings is 2. The number of hydrogen-bond acceptors (Lipinski definition) is 5. The van der Waals surface area contributed by atoms with Crippen molar-refractivity contribution in [2.45, 2.75) is 13.3 Å². The molecule has 0 aliphatic carbocycles. The van der Waals surface area contributed by atoms with Crippen molar-refractivity contribution in [2.24, 2.45) is 5.10 Å². The van der Waals surface area contributed by atoms with Crippen LogP contribution in [0.25, 0.3) is 0 Å². The molecule has 0 radical (unpaired) electrons. The summed E-state index contributed by atoms with van der Waals surface area (Å²) in [6, 6.07) is 11.0. The SMILES string of the molecule is CCCOc1c(OC)cc(C=NNc2cccc(Cl)c2)cc1OC. The Labute approximate surface area is 147 Å². The van der Waals surface area contributed by atoms with Crippen LogP contribution in [-0.4, -0.2) is 27.0 Å². The second-order valence-corrected chi connectivity index (χ2v) is 5.42. The van der Waals surface area contributed by atoms with E-state index in [0.717, 1.165) is 17.7 Å². The Kier molecular flexibility index (Phi) is 6.75. The first-order valence-corrected chi connectivity index (χ1v) is 7.99. The molecule has 6 heteroatoms. The first-order valence-electron chi connectivity index (χ1n) is 7.61. The number of halogens is 1. The molecule has 0 saturated carbocycles. The molecule has 0 spiro atoms. The molecule has 5 nitrogen and oxygen atoms in total. The van der Waals surface area contributed by atoms with Crippen molar-refractivity contribution in [1.29, 1.82) is 0 Å². The number of nitrogens with one attached hydrogen (secondary N) is 1. The van der Waals surface area contributed by atoms with Crippen LogP contribution in [-0.2, 0) is 0 Å². The van der Waals surface area contributed by atoms with Crippen LogP contribution >= 0.6 is 11.6 Å². The second kappa shape index (κ2) is 9.03. The normalized spacial score (nSPS) is 10.7. The number of hydrogen-bond donors (Lipinski definition) is 1. The van der Waals surface area contributed by atoms with E-state index >= 15 is 0 Å². The van der Waals surface area contributed by atoms with Crippen molar-refractivity contribution in [1.82, 2.24) is 0 Å². The van der Waals surface area contributed by atoms with E-state index in [1.165, 1.54) is 0 Å². The molecular weight excluding hydrogens is 328 g/mol. The van der Waals surface area contributed by atoms with E-state index in [2.05, 4.69) is 10.5 Å². The van der Waals surface area contributed by atoms with Gasteiger partial charge in [-0.2, -0.15) is 5.10 Å². The molecule has 2 rings (SSSR count). The first kappa shape index (κ1) is 17.9. The number of rotatable bonds is 8.